The predicted octanol–water partition coefficient (Wildman–Crippen LogP) is -0.00860. The minimum atomic E-state index is -3.03. The Morgan fingerprint density at radius 3 is 2.65 bits per heavy atom. The van der Waals surface area contributed by atoms with Gasteiger partial charge in [-0.15, -0.1) is 11.6 Å². The lowest BCUT2D eigenvalue weighted by atomic mass is 10.2. The Balaban J connectivity index is 1.82. The SMILES string of the molecule is O=S1(=O)CC(Cl)C(NC(=S)NC2CCCO2)C1. The monoisotopic (exact) mass is 298 g/mol. The van der Waals surface area contributed by atoms with E-state index in [1.54, 1.807) is 0 Å². The average molecular weight is 299 g/mol. The molecule has 0 aromatic carbocycles. The summed E-state index contributed by atoms with van der Waals surface area (Å²) in [7, 11) is -3.03. The lowest BCUT2D eigenvalue weighted by Crippen LogP contribution is -2.48. The largest absolute Gasteiger partial charge is 0.359 e. The average Bonchev–Trinajstić information content (AvgIpc) is 2.75. The van der Waals surface area contributed by atoms with Crippen molar-refractivity contribution in [1.82, 2.24) is 10.6 Å². The van der Waals surface area contributed by atoms with Gasteiger partial charge in [0.25, 0.3) is 0 Å². The van der Waals surface area contributed by atoms with Crippen molar-refractivity contribution in [1.29, 1.82) is 0 Å². The Morgan fingerprint density at radius 1 is 1.35 bits per heavy atom. The van der Waals surface area contributed by atoms with Gasteiger partial charge < -0.3 is 15.4 Å². The number of ether oxygens (including phenoxy) is 1. The van der Waals surface area contributed by atoms with Crippen LogP contribution in [0.5, 0.6) is 0 Å². The smallest absolute Gasteiger partial charge is 0.168 e. The molecule has 2 fully saturated rings. The molecule has 5 nitrogen and oxygen atoms in total. The van der Waals surface area contributed by atoms with Crippen molar-refractivity contribution in [3.8, 4) is 0 Å². The number of halogens is 1. The molecule has 2 heterocycles. The van der Waals surface area contributed by atoms with E-state index in [4.69, 9.17) is 28.6 Å². The van der Waals surface area contributed by atoms with Crippen molar-refractivity contribution in [2.24, 2.45) is 0 Å². The van der Waals surface area contributed by atoms with Crippen LogP contribution < -0.4 is 10.6 Å². The van der Waals surface area contributed by atoms with Crippen LogP contribution >= 0.6 is 23.8 Å². The summed E-state index contributed by atoms with van der Waals surface area (Å²) in [6.07, 6.45) is 1.85. The van der Waals surface area contributed by atoms with Gasteiger partial charge in [0.1, 0.15) is 6.23 Å². The van der Waals surface area contributed by atoms with Crippen LogP contribution in [0, 0.1) is 0 Å². The number of nitrogens with one attached hydrogen (secondary N) is 2. The summed E-state index contributed by atoms with van der Waals surface area (Å²) in [5, 5.41) is 5.92. The number of hydrogen-bond donors (Lipinski definition) is 2. The lowest BCUT2D eigenvalue weighted by molar-refractivity contribution is 0.0998. The van der Waals surface area contributed by atoms with Crippen LogP contribution in [0.4, 0.5) is 0 Å². The molecule has 98 valence electrons. The third-order valence-corrected chi connectivity index (χ3v) is 5.43. The minimum absolute atomic E-state index is 0.00869. The Morgan fingerprint density at radius 2 is 2.12 bits per heavy atom. The molecule has 0 radical (unpaired) electrons. The number of hydrogen-bond acceptors (Lipinski definition) is 4. The Kier molecular flexibility index (Phi) is 4.12. The number of sulfone groups is 1. The van der Waals surface area contributed by atoms with E-state index in [-0.39, 0.29) is 23.8 Å². The second-order valence-electron chi connectivity index (χ2n) is 4.32. The van der Waals surface area contributed by atoms with Gasteiger partial charge in [-0.3, -0.25) is 0 Å². The van der Waals surface area contributed by atoms with Gasteiger partial charge in [-0.05, 0) is 25.1 Å². The van der Waals surface area contributed by atoms with E-state index in [0.717, 1.165) is 19.4 Å². The summed E-state index contributed by atoms with van der Waals surface area (Å²) in [5.74, 6) is 0.0449. The molecule has 0 amide bonds. The van der Waals surface area contributed by atoms with Crippen LogP contribution in [-0.2, 0) is 14.6 Å². The first-order valence-corrected chi connectivity index (χ1v) is 8.16. The summed E-state index contributed by atoms with van der Waals surface area (Å²) in [5.41, 5.74) is 0. The Bertz CT molecular complexity index is 395. The molecule has 17 heavy (non-hydrogen) atoms. The molecule has 8 heteroatoms. The topological polar surface area (TPSA) is 67.4 Å². The molecule has 2 aliphatic rings. The molecule has 2 N–H and O–H groups in total. The van der Waals surface area contributed by atoms with Crippen molar-refractivity contribution in [2.45, 2.75) is 30.5 Å². The predicted molar refractivity (Wildman–Crippen MR) is 69.9 cm³/mol. The first-order chi connectivity index (χ1) is 7.96. The van der Waals surface area contributed by atoms with E-state index < -0.39 is 15.2 Å². The molecular weight excluding hydrogens is 284 g/mol. The maximum atomic E-state index is 11.4. The fourth-order valence-electron chi connectivity index (χ4n) is 1.98. The minimum Gasteiger partial charge on any atom is -0.359 e. The molecule has 2 rings (SSSR count). The zero-order chi connectivity index (χ0) is 12.5. The number of rotatable bonds is 2. The third-order valence-electron chi connectivity index (χ3n) is 2.82. The van der Waals surface area contributed by atoms with Crippen LogP contribution in [-0.4, -0.2) is 49.3 Å². The normalized spacial score (nSPS) is 35.7. The second-order valence-corrected chi connectivity index (χ2v) is 7.44. The van der Waals surface area contributed by atoms with Crippen molar-refractivity contribution < 1.29 is 13.2 Å². The van der Waals surface area contributed by atoms with E-state index in [0.29, 0.717) is 5.11 Å². The molecule has 0 saturated carbocycles. The van der Waals surface area contributed by atoms with Gasteiger partial charge in [0.15, 0.2) is 14.9 Å². The summed E-state index contributed by atoms with van der Waals surface area (Å²) < 4.78 is 28.1. The molecule has 0 aromatic rings. The van der Waals surface area contributed by atoms with Crippen molar-refractivity contribution in [3.05, 3.63) is 0 Å². The number of thiocarbonyl (C=S) groups is 1. The molecule has 3 unspecified atom stereocenters. The summed E-state index contributed by atoms with van der Waals surface area (Å²) >= 11 is 11.1. The first kappa shape index (κ1) is 13.3. The van der Waals surface area contributed by atoms with Crippen LogP contribution in [0.1, 0.15) is 12.8 Å². The van der Waals surface area contributed by atoms with Gasteiger partial charge in [-0.25, -0.2) is 8.42 Å². The second kappa shape index (κ2) is 5.26. The molecule has 3 atom stereocenters. The van der Waals surface area contributed by atoms with Crippen LogP contribution in [0.25, 0.3) is 0 Å². The van der Waals surface area contributed by atoms with E-state index in [1.165, 1.54) is 0 Å². The molecule has 2 aliphatic heterocycles. The highest BCUT2D eigenvalue weighted by molar-refractivity contribution is 7.91. The molecule has 2 saturated heterocycles. The zero-order valence-electron chi connectivity index (χ0n) is 9.19. The van der Waals surface area contributed by atoms with E-state index >= 15 is 0 Å². The summed E-state index contributed by atoms with van der Waals surface area (Å²) in [4.78, 5) is 0. The van der Waals surface area contributed by atoms with Crippen molar-refractivity contribution in [3.63, 3.8) is 0 Å². The van der Waals surface area contributed by atoms with Gasteiger partial charge in [0.05, 0.1) is 22.9 Å². The Hall–Kier alpha value is -0.110. The highest BCUT2D eigenvalue weighted by Crippen LogP contribution is 2.18. The highest BCUT2D eigenvalue weighted by atomic mass is 35.5. The molecule has 0 aliphatic carbocycles. The van der Waals surface area contributed by atoms with Gasteiger partial charge >= 0.3 is 0 Å². The van der Waals surface area contributed by atoms with E-state index in [9.17, 15) is 8.42 Å². The van der Waals surface area contributed by atoms with Gasteiger partial charge in [0.2, 0.25) is 0 Å². The van der Waals surface area contributed by atoms with Gasteiger partial charge in [-0.1, -0.05) is 0 Å². The highest BCUT2D eigenvalue weighted by Gasteiger charge is 2.36. The van der Waals surface area contributed by atoms with Crippen molar-refractivity contribution in [2.75, 3.05) is 18.1 Å². The lowest BCUT2D eigenvalue weighted by Gasteiger charge is -2.20. The van der Waals surface area contributed by atoms with Crippen LogP contribution in [0.15, 0.2) is 0 Å². The fourth-order valence-corrected chi connectivity index (χ4v) is 4.82. The molecule has 0 bridgehead atoms. The molecule has 0 aromatic heterocycles. The fraction of sp³-hybridized carbons (Fsp3) is 0.889. The maximum Gasteiger partial charge on any atom is 0.168 e. The van der Waals surface area contributed by atoms with E-state index in [1.807, 2.05) is 0 Å². The zero-order valence-corrected chi connectivity index (χ0v) is 11.6. The van der Waals surface area contributed by atoms with Crippen LogP contribution in [0.2, 0.25) is 0 Å². The summed E-state index contributed by atoms with van der Waals surface area (Å²) in [6, 6.07) is -0.317. The maximum absolute atomic E-state index is 11.4. The van der Waals surface area contributed by atoms with E-state index in [2.05, 4.69) is 10.6 Å². The van der Waals surface area contributed by atoms with Gasteiger partial charge in [0, 0.05) is 6.61 Å². The summed E-state index contributed by atoms with van der Waals surface area (Å²) in [6.45, 7) is 0.732. The molecule has 0 spiro atoms. The third kappa shape index (κ3) is 3.67. The van der Waals surface area contributed by atoms with Crippen molar-refractivity contribution >= 4 is 38.8 Å². The number of alkyl halides is 1. The quantitative estimate of drug-likeness (QED) is 0.552. The molecular formula is C9H15ClN2O3S2. The first-order valence-electron chi connectivity index (χ1n) is 5.49. The Labute approximate surface area is 111 Å². The van der Waals surface area contributed by atoms with Gasteiger partial charge in [-0.2, -0.15) is 0 Å². The van der Waals surface area contributed by atoms with Crippen LogP contribution in [0.3, 0.4) is 0 Å². The standard InChI is InChI=1S/C9H15ClN2O3S2/c10-6-4-17(13,14)5-7(6)11-9(16)12-8-2-1-3-15-8/h6-8H,1-5H2,(H2,11,12,16).